The van der Waals surface area contributed by atoms with Crippen LogP contribution in [0.3, 0.4) is 0 Å². The van der Waals surface area contributed by atoms with Gasteiger partial charge in [-0.15, -0.1) is 11.3 Å². The second kappa shape index (κ2) is 5.28. The van der Waals surface area contributed by atoms with Crippen LogP contribution in [0, 0.1) is 0 Å². The molecule has 5 heteroatoms. The molecule has 1 aliphatic rings. The van der Waals surface area contributed by atoms with E-state index in [4.69, 9.17) is 4.74 Å². The van der Waals surface area contributed by atoms with Crippen LogP contribution in [0.1, 0.15) is 29.9 Å². The van der Waals surface area contributed by atoms with E-state index in [9.17, 15) is 4.79 Å². The minimum Gasteiger partial charge on any atom is -0.370 e. The Morgan fingerprint density at radius 3 is 2.87 bits per heavy atom. The Morgan fingerprint density at radius 2 is 2.09 bits per heavy atom. The number of hydrogen-bond acceptors (Lipinski definition) is 4. The maximum absolute atomic E-state index is 12.8. The molecule has 118 valence electrons. The van der Waals surface area contributed by atoms with Crippen molar-refractivity contribution in [2.75, 3.05) is 0 Å². The van der Waals surface area contributed by atoms with Gasteiger partial charge in [-0.25, -0.2) is 4.98 Å². The quantitative estimate of drug-likeness (QED) is 0.725. The molecule has 0 amide bonds. The topological polar surface area (TPSA) is 44.1 Å². The van der Waals surface area contributed by atoms with Crippen LogP contribution in [-0.4, -0.2) is 15.2 Å². The fourth-order valence-corrected chi connectivity index (χ4v) is 4.41. The monoisotopic (exact) mass is 326 g/mol. The number of benzene rings is 1. The van der Waals surface area contributed by atoms with Gasteiger partial charge in [0.1, 0.15) is 4.70 Å². The van der Waals surface area contributed by atoms with E-state index in [0.717, 1.165) is 27.8 Å². The van der Waals surface area contributed by atoms with Crippen molar-refractivity contribution < 1.29 is 4.74 Å². The molecule has 0 aliphatic carbocycles. The lowest BCUT2D eigenvalue weighted by Gasteiger charge is -2.29. The Labute approximate surface area is 138 Å². The smallest absolute Gasteiger partial charge is 0.271 e. The lowest BCUT2D eigenvalue weighted by Crippen LogP contribution is -2.30. The third-order valence-electron chi connectivity index (χ3n) is 4.23. The van der Waals surface area contributed by atoms with Crippen molar-refractivity contribution >= 4 is 21.6 Å². The molecule has 0 spiro atoms. The molecule has 0 saturated heterocycles. The molecule has 0 N–H and O–H groups in total. The Kier molecular flexibility index (Phi) is 3.36. The molecule has 0 saturated carbocycles. The highest BCUT2D eigenvalue weighted by molar-refractivity contribution is 7.19. The summed E-state index contributed by atoms with van der Waals surface area (Å²) in [5.41, 5.74) is 2.87. The SMILES string of the molecule is CC1(C)Cc2sc3c(=O)n(Cc4ccccc4)cnc3c2CO1. The first-order chi connectivity index (χ1) is 11.0. The summed E-state index contributed by atoms with van der Waals surface area (Å²) in [7, 11) is 0. The highest BCUT2D eigenvalue weighted by Crippen LogP contribution is 2.36. The van der Waals surface area contributed by atoms with Crippen LogP contribution in [-0.2, 0) is 24.3 Å². The largest absolute Gasteiger partial charge is 0.370 e. The van der Waals surface area contributed by atoms with Crippen molar-refractivity contribution in [3.8, 4) is 0 Å². The molecule has 3 aromatic rings. The first kappa shape index (κ1) is 14.6. The van der Waals surface area contributed by atoms with Crippen LogP contribution < -0.4 is 5.56 Å². The second-order valence-electron chi connectivity index (χ2n) is 6.57. The Balaban J connectivity index is 1.79. The van der Waals surface area contributed by atoms with E-state index in [1.165, 1.54) is 4.88 Å². The molecule has 3 heterocycles. The van der Waals surface area contributed by atoms with E-state index in [0.29, 0.717) is 13.2 Å². The van der Waals surface area contributed by atoms with Gasteiger partial charge in [-0.1, -0.05) is 30.3 Å². The van der Waals surface area contributed by atoms with Gasteiger partial charge in [-0.05, 0) is 19.4 Å². The lowest BCUT2D eigenvalue weighted by atomic mass is 9.98. The molecule has 0 unspecified atom stereocenters. The normalized spacial score (nSPS) is 16.4. The summed E-state index contributed by atoms with van der Waals surface area (Å²) < 4.78 is 8.31. The molecule has 2 aromatic heterocycles. The van der Waals surface area contributed by atoms with Gasteiger partial charge in [0.15, 0.2) is 0 Å². The van der Waals surface area contributed by atoms with Gasteiger partial charge in [-0.3, -0.25) is 9.36 Å². The van der Waals surface area contributed by atoms with Crippen molar-refractivity contribution in [1.82, 2.24) is 9.55 Å². The second-order valence-corrected chi connectivity index (χ2v) is 7.68. The van der Waals surface area contributed by atoms with Gasteiger partial charge in [-0.2, -0.15) is 0 Å². The van der Waals surface area contributed by atoms with E-state index in [1.807, 2.05) is 30.3 Å². The van der Waals surface area contributed by atoms with Crippen molar-refractivity contribution in [1.29, 1.82) is 0 Å². The first-order valence-electron chi connectivity index (χ1n) is 7.71. The number of hydrogen-bond donors (Lipinski definition) is 0. The van der Waals surface area contributed by atoms with Gasteiger partial charge >= 0.3 is 0 Å². The molecule has 1 aromatic carbocycles. The summed E-state index contributed by atoms with van der Waals surface area (Å²) in [6, 6.07) is 9.98. The standard InChI is InChI=1S/C18H18N2O2S/c1-18(2)8-14-13(10-22-18)15-16(23-14)17(21)20(11-19-15)9-12-6-4-3-5-7-12/h3-7,11H,8-10H2,1-2H3. The predicted molar refractivity (Wildman–Crippen MR) is 92.0 cm³/mol. The van der Waals surface area contributed by atoms with E-state index < -0.39 is 0 Å². The van der Waals surface area contributed by atoms with Crippen LogP contribution in [0.2, 0.25) is 0 Å². The molecule has 4 nitrogen and oxygen atoms in total. The minimum atomic E-state index is -0.170. The molecule has 0 bridgehead atoms. The maximum Gasteiger partial charge on any atom is 0.271 e. The predicted octanol–water partition coefficient (Wildman–Crippen LogP) is 3.36. The summed E-state index contributed by atoms with van der Waals surface area (Å²) in [5, 5.41) is 0. The van der Waals surface area contributed by atoms with Gasteiger partial charge in [0, 0.05) is 16.9 Å². The third-order valence-corrected chi connectivity index (χ3v) is 5.44. The number of nitrogens with zero attached hydrogens (tertiary/aromatic N) is 2. The van der Waals surface area contributed by atoms with Crippen molar-refractivity contribution in [2.45, 2.75) is 39.0 Å². The van der Waals surface area contributed by atoms with Crippen molar-refractivity contribution in [2.24, 2.45) is 0 Å². The van der Waals surface area contributed by atoms with E-state index in [-0.39, 0.29) is 11.2 Å². The fraction of sp³-hybridized carbons (Fsp3) is 0.333. The zero-order valence-corrected chi connectivity index (χ0v) is 14.0. The van der Waals surface area contributed by atoms with Gasteiger partial charge in [0.05, 0.1) is 30.6 Å². The molecular weight excluding hydrogens is 308 g/mol. The van der Waals surface area contributed by atoms with Crippen molar-refractivity contribution in [3.63, 3.8) is 0 Å². The van der Waals surface area contributed by atoms with Gasteiger partial charge < -0.3 is 4.74 Å². The lowest BCUT2D eigenvalue weighted by molar-refractivity contribution is -0.0383. The number of fused-ring (bicyclic) bond motifs is 3. The maximum atomic E-state index is 12.8. The van der Waals surface area contributed by atoms with E-state index in [1.54, 1.807) is 22.2 Å². The molecule has 1 aliphatic heterocycles. The van der Waals surface area contributed by atoms with E-state index in [2.05, 4.69) is 18.8 Å². The molecular formula is C18H18N2O2S. The number of aromatic nitrogens is 2. The molecule has 0 fully saturated rings. The summed E-state index contributed by atoms with van der Waals surface area (Å²) >= 11 is 1.58. The minimum absolute atomic E-state index is 0.0380. The highest BCUT2D eigenvalue weighted by Gasteiger charge is 2.30. The Hall–Kier alpha value is -1.98. The molecule has 23 heavy (non-hydrogen) atoms. The van der Waals surface area contributed by atoms with Crippen LogP contribution in [0.25, 0.3) is 10.2 Å². The average molecular weight is 326 g/mol. The fourth-order valence-electron chi connectivity index (χ4n) is 2.98. The van der Waals surface area contributed by atoms with Crippen LogP contribution in [0.5, 0.6) is 0 Å². The summed E-state index contributed by atoms with van der Waals surface area (Å²) in [4.78, 5) is 18.6. The summed E-state index contributed by atoms with van der Waals surface area (Å²) in [5.74, 6) is 0. The Morgan fingerprint density at radius 1 is 1.30 bits per heavy atom. The van der Waals surface area contributed by atoms with Gasteiger partial charge in [0.2, 0.25) is 0 Å². The molecule has 0 radical (unpaired) electrons. The van der Waals surface area contributed by atoms with Gasteiger partial charge in [0.25, 0.3) is 5.56 Å². The van der Waals surface area contributed by atoms with Crippen molar-refractivity contribution in [3.05, 3.63) is 63.0 Å². The van der Waals surface area contributed by atoms with Crippen LogP contribution in [0.4, 0.5) is 0 Å². The van der Waals surface area contributed by atoms with Crippen LogP contribution in [0.15, 0.2) is 41.5 Å². The zero-order valence-electron chi connectivity index (χ0n) is 13.2. The molecule has 0 atom stereocenters. The summed E-state index contributed by atoms with van der Waals surface area (Å²) in [6.07, 6.45) is 2.49. The first-order valence-corrected chi connectivity index (χ1v) is 8.53. The number of ether oxygens (including phenoxy) is 1. The number of thiophene rings is 1. The zero-order chi connectivity index (χ0) is 16.0. The average Bonchev–Trinajstić information content (AvgIpc) is 2.88. The van der Waals surface area contributed by atoms with E-state index >= 15 is 0 Å². The molecule has 4 rings (SSSR count). The highest BCUT2D eigenvalue weighted by atomic mass is 32.1. The summed E-state index contributed by atoms with van der Waals surface area (Å²) in [6.45, 7) is 5.26. The van der Waals surface area contributed by atoms with Crippen LogP contribution >= 0.6 is 11.3 Å². The third kappa shape index (κ3) is 2.60. The Bertz CT molecular complexity index is 925. The number of rotatable bonds is 2.